The van der Waals surface area contributed by atoms with Crippen LogP contribution in [0, 0.1) is 5.92 Å². The van der Waals surface area contributed by atoms with E-state index in [1.807, 2.05) is 32.9 Å². The molecule has 0 spiro atoms. The summed E-state index contributed by atoms with van der Waals surface area (Å²) >= 11 is 0. The summed E-state index contributed by atoms with van der Waals surface area (Å²) in [5.74, 6) is -0.0309. The normalized spacial score (nSPS) is 24.8. The molecule has 6 heteroatoms. The molecular weight excluding hydrogens is 442 g/mol. The number of piperidine rings is 1. The number of rotatable bonds is 5. The Labute approximate surface area is 204 Å². The topological polar surface area (TPSA) is 55.8 Å². The second-order valence-electron chi connectivity index (χ2n) is 11.6. The standard InChI is InChI=1S/C28H37NO4Si/c1-27(2,3)32-26(31)29-20-17-23(24(29)19-30)25(18-20)33-34(28(4,5)6,21-13-9-7-10-14-21)22-15-11-8-12-16-22/h7-16,19-20,23-25H,17-18H2,1-6H3/t20-,23-,24+,25-/m1/s1. The average molecular weight is 480 g/mol. The Morgan fingerprint density at radius 2 is 1.44 bits per heavy atom. The Bertz CT molecular complexity index is 973. The van der Waals surface area contributed by atoms with Crippen LogP contribution in [-0.4, -0.2) is 49.4 Å². The molecule has 1 heterocycles. The van der Waals surface area contributed by atoms with Crippen LogP contribution in [0.15, 0.2) is 60.7 Å². The average Bonchev–Trinajstić information content (AvgIpc) is 3.34. The van der Waals surface area contributed by atoms with E-state index in [1.54, 1.807) is 4.90 Å². The maximum absolute atomic E-state index is 12.9. The number of benzene rings is 2. The minimum Gasteiger partial charge on any atom is -0.444 e. The Hall–Kier alpha value is -2.44. The van der Waals surface area contributed by atoms with Crippen LogP contribution in [-0.2, 0) is 14.0 Å². The highest BCUT2D eigenvalue weighted by molar-refractivity contribution is 6.99. The molecule has 34 heavy (non-hydrogen) atoms. The lowest BCUT2D eigenvalue weighted by molar-refractivity contribution is -0.115. The van der Waals surface area contributed by atoms with Gasteiger partial charge in [0, 0.05) is 12.0 Å². The third-order valence-corrected chi connectivity index (χ3v) is 12.2. The largest absolute Gasteiger partial charge is 0.444 e. The molecule has 1 aliphatic carbocycles. The third-order valence-electron chi connectivity index (χ3n) is 7.17. The molecule has 1 aliphatic heterocycles. The number of aldehydes is 1. The van der Waals surface area contributed by atoms with Crippen molar-refractivity contribution in [3.8, 4) is 0 Å². The van der Waals surface area contributed by atoms with Crippen molar-refractivity contribution < 1.29 is 18.8 Å². The van der Waals surface area contributed by atoms with Crippen molar-refractivity contribution in [1.82, 2.24) is 4.90 Å². The smallest absolute Gasteiger partial charge is 0.411 e. The van der Waals surface area contributed by atoms with Crippen LogP contribution in [0.3, 0.4) is 0 Å². The van der Waals surface area contributed by atoms with Crippen molar-refractivity contribution in [3.63, 3.8) is 0 Å². The van der Waals surface area contributed by atoms with Gasteiger partial charge in [0.15, 0.2) is 0 Å². The summed E-state index contributed by atoms with van der Waals surface area (Å²) in [4.78, 5) is 26.8. The van der Waals surface area contributed by atoms with Crippen LogP contribution < -0.4 is 10.4 Å². The first-order valence-corrected chi connectivity index (χ1v) is 14.1. The summed E-state index contributed by atoms with van der Waals surface area (Å²) in [6.07, 6.45) is 1.91. The van der Waals surface area contributed by atoms with Crippen molar-refractivity contribution in [2.45, 2.75) is 83.2 Å². The number of carbonyl (C=O) groups excluding carboxylic acids is 2. The lowest BCUT2D eigenvalue weighted by Gasteiger charge is -2.47. The first-order chi connectivity index (χ1) is 16.0. The molecule has 1 saturated heterocycles. The molecule has 2 bridgehead atoms. The summed E-state index contributed by atoms with van der Waals surface area (Å²) in [6, 6.07) is 20.6. The molecule has 5 nitrogen and oxygen atoms in total. The van der Waals surface area contributed by atoms with Gasteiger partial charge in [0.2, 0.25) is 0 Å². The zero-order valence-electron chi connectivity index (χ0n) is 21.2. The minimum atomic E-state index is -2.73. The Morgan fingerprint density at radius 1 is 0.912 bits per heavy atom. The number of carbonyl (C=O) groups is 2. The van der Waals surface area contributed by atoms with Gasteiger partial charge < -0.3 is 14.0 Å². The summed E-state index contributed by atoms with van der Waals surface area (Å²) < 4.78 is 13.0. The van der Waals surface area contributed by atoms with E-state index in [2.05, 4.69) is 69.3 Å². The lowest BCUT2D eigenvalue weighted by Crippen LogP contribution is -2.68. The summed E-state index contributed by atoms with van der Waals surface area (Å²) in [5, 5.41) is 2.31. The molecule has 0 aromatic heterocycles. The van der Waals surface area contributed by atoms with E-state index in [4.69, 9.17) is 9.16 Å². The molecule has 0 unspecified atom stereocenters. The Kier molecular flexibility index (Phi) is 6.51. The van der Waals surface area contributed by atoms with Gasteiger partial charge in [0.1, 0.15) is 11.9 Å². The molecule has 1 saturated carbocycles. The van der Waals surface area contributed by atoms with Crippen LogP contribution in [0.5, 0.6) is 0 Å². The molecule has 2 aromatic carbocycles. The van der Waals surface area contributed by atoms with Crippen LogP contribution >= 0.6 is 0 Å². The van der Waals surface area contributed by atoms with E-state index in [0.717, 1.165) is 19.1 Å². The predicted octanol–water partition coefficient (Wildman–Crippen LogP) is 4.53. The van der Waals surface area contributed by atoms with E-state index >= 15 is 0 Å². The Morgan fingerprint density at radius 3 is 1.88 bits per heavy atom. The van der Waals surface area contributed by atoms with Crippen molar-refractivity contribution in [2.75, 3.05) is 0 Å². The van der Waals surface area contributed by atoms with Gasteiger partial charge in [-0.1, -0.05) is 81.4 Å². The minimum absolute atomic E-state index is 0.0309. The SMILES string of the molecule is CC(C)(C)OC(=O)N1[C@@H]2C[C@@H]([C@H](O[Si](c3ccccc3)(c3ccccc3)C(C)(C)C)C2)[C@@H]1C=O. The first-order valence-electron chi connectivity index (χ1n) is 12.2. The molecule has 1 amide bonds. The maximum atomic E-state index is 12.9. The highest BCUT2D eigenvalue weighted by Gasteiger charge is 2.59. The maximum Gasteiger partial charge on any atom is 0.411 e. The van der Waals surface area contributed by atoms with E-state index in [1.165, 1.54) is 10.4 Å². The number of hydrogen-bond acceptors (Lipinski definition) is 4. The van der Waals surface area contributed by atoms with Gasteiger partial charge in [-0.05, 0) is 49.0 Å². The van der Waals surface area contributed by atoms with E-state index in [0.29, 0.717) is 0 Å². The zero-order valence-corrected chi connectivity index (χ0v) is 22.2. The number of likely N-dealkylation sites (tertiary alicyclic amines) is 1. The summed E-state index contributed by atoms with van der Waals surface area (Å²) in [7, 11) is -2.73. The third kappa shape index (κ3) is 4.34. The van der Waals surface area contributed by atoms with Gasteiger partial charge in [0.25, 0.3) is 8.32 Å². The molecular formula is C28H37NO4Si. The zero-order chi connectivity index (χ0) is 24.7. The highest BCUT2D eigenvalue weighted by Crippen LogP contribution is 2.47. The first kappa shape index (κ1) is 24.7. The van der Waals surface area contributed by atoms with Crippen LogP contribution in [0.1, 0.15) is 54.4 Å². The quantitative estimate of drug-likeness (QED) is 0.467. The van der Waals surface area contributed by atoms with Gasteiger partial charge in [-0.2, -0.15) is 0 Å². The molecule has 2 aromatic rings. The molecule has 182 valence electrons. The van der Waals surface area contributed by atoms with Gasteiger partial charge in [-0.25, -0.2) is 4.79 Å². The fourth-order valence-electron chi connectivity index (χ4n) is 5.85. The van der Waals surface area contributed by atoms with E-state index in [9.17, 15) is 9.59 Å². The van der Waals surface area contributed by atoms with Crippen molar-refractivity contribution in [1.29, 1.82) is 0 Å². The van der Waals surface area contributed by atoms with Crippen molar-refractivity contribution >= 4 is 31.1 Å². The summed E-state index contributed by atoms with van der Waals surface area (Å²) in [6.45, 7) is 12.3. The molecule has 4 atom stereocenters. The fraction of sp³-hybridized carbons (Fsp3) is 0.500. The predicted molar refractivity (Wildman–Crippen MR) is 137 cm³/mol. The van der Waals surface area contributed by atoms with Crippen LogP contribution in [0.25, 0.3) is 0 Å². The monoisotopic (exact) mass is 479 g/mol. The van der Waals surface area contributed by atoms with Crippen LogP contribution in [0.2, 0.25) is 5.04 Å². The second kappa shape index (κ2) is 8.97. The number of amides is 1. The van der Waals surface area contributed by atoms with Gasteiger partial charge in [-0.15, -0.1) is 0 Å². The number of ether oxygens (including phenoxy) is 1. The van der Waals surface area contributed by atoms with E-state index in [-0.39, 0.29) is 23.1 Å². The van der Waals surface area contributed by atoms with Crippen molar-refractivity contribution in [2.24, 2.45) is 5.92 Å². The Balaban J connectivity index is 1.71. The van der Waals surface area contributed by atoms with E-state index < -0.39 is 26.1 Å². The summed E-state index contributed by atoms with van der Waals surface area (Å²) in [5.41, 5.74) is -0.600. The number of hydrogen-bond donors (Lipinski definition) is 0. The second-order valence-corrected chi connectivity index (χ2v) is 15.9. The van der Waals surface area contributed by atoms with Crippen molar-refractivity contribution in [3.05, 3.63) is 60.7 Å². The highest BCUT2D eigenvalue weighted by atomic mass is 28.4. The molecule has 2 aliphatic rings. The molecule has 4 rings (SSSR count). The number of nitrogens with zero attached hydrogens (tertiary/aromatic N) is 1. The van der Waals surface area contributed by atoms with Gasteiger partial charge in [0.05, 0.1) is 12.1 Å². The fourth-order valence-corrected chi connectivity index (χ4v) is 10.6. The number of fused-ring (bicyclic) bond motifs is 2. The molecule has 0 N–H and O–H groups in total. The van der Waals surface area contributed by atoms with Crippen LogP contribution in [0.4, 0.5) is 4.79 Å². The van der Waals surface area contributed by atoms with Gasteiger partial charge >= 0.3 is 6.09 Å². The molecule has 2 fully saturated rings. The molecule has 0 radical (unpaired) electrons. The lowest BCUT2D eigenvalue weighted by atomic mass is 9.97. The van der Waals surface area contributed by atoms with Gasteiger partial charge in [-0.3, -0.25) is 4.90 Å².